The van der Waals surface area contributed by atoms with Crippen molar-refractivity contribution in [3.63, 3.8) is 0 Å². The fourth-order valence-electron chi connectivity index (χ4n) is 0.711. The number of thiophene rings is 1. The molecule has 13 heavy (non-hydrogen) atoms. The van der Waals surface area contributed by atoms with Crippen LogP contribution >= 0.6 is 27.3 Å². The van der Waals surface area contributed by atoms with Gasteiger partial charge in [-0.1, -0.05) is 0 Å². The van der Waals surface area contributed by atoms with Gasteiger partial charge in [0.25, 0.3) is 0 Å². The molecule has 0 saturated carbocycles. The molecule has 1 aromatic heterocycles. The highest BCUT2D eigenvalue weighted by Gasteiger charge is 2.25. The van der Waals surface area contributed by atoms with Crippen molar-refractivity contribution in [3.8, 4) is 0 Å². The van der Waals surface area contributed by atoms with Gasteiger partial charge in [-0.3, -0.25) is 0 Å². The average molecular weight is 286 g/mol. The molecule has 0 fully saturated rings. The third kappa shape index (κ3) is 2.29. The molecule has 1 rings (SSSR count). The monoisotopic (exact) mass is 285 g/mol. The summed E-state index contributed by atoms with van der Waals surface area (Å²) in [5.74, 6) is 0. The number of rotatable bonds is 3. The Hall–Kier alpha value is 0.0500. The van der Waals surface area contributed by atoms with Gasteiger partial charge in [0.1, 0.15) is 4.21 Å². The molecule has 74 valence electrons. The molecule has 0 spiro atoms. The lowest BCUT2D eigenvalue weighted by Gasteiger charge is -2.06. The smallest absolute Gasteiger partial charge is 0.215 e. The molecule has 4 nitrogen and oxygen atoms in total. The predicted molar refractivity (Wildman–Crippen MR) is 54.3 cm³/mol. The van der Waals surface area contributed by atoms with Crippen LogP contribution in [-0.2, 0) is 9.84 Å². The van der Waals surface area contributed by atoms with Crippen molar-refractivity contribution in [1.82, 2.24) is 0 Å². The van der Waals surface area contributed by atoms with Crippen LogP contribution in [0.2, 0.25) is 0 Å². The Morgan fingerprint density at radius 3 is 2.62 bits per heavy atom. The molecule has 3 N–H and O–H groups in total. The second-order valence-corrected chi connectivity index (χ2v) is 7.09. The van der Waals surface area contributed by atoms with Gasteiger partial charge in [-0.25, -0.2) is 8.42 Å². The maximum atomic E-state index is 11.4. The highest BCUT2D eigenvalue weighted by molar-refractivity contribution is 9.11. The third-order valence-electron chi connectivity index (χ3n) is 1.39. The van der Waals surface area contributed by atoms with E-state index in [4.69, 9.17) is 10.8 Å². The first-order chi connectivity index (χ1) is 5.98. The van der Waals surface area contributed by atoms with Crippen LogP contribution in [0.5, 0.6) is 0 Å². The van der Waals surface area contributed by atoms with Crippen LogP contribution in [0.15, 0.2) is 20.1 Å². The molecule has 1 unspecified atom stereocenters. The zero-order valence-electron chi connectivity index (χ0n) is 6.47. The number of hydrogen-bond donors (Lipinski definition) is 2. The summed E-state index contributed by atoms with van der Waals surface area (Å²) in [5.41, 5.74) is 3.55. The standard InChI is InChI=1S/C6H8BrNO3S2/c7-4-1-2-6(12-4)13(10,11)5(9)3-8/h1-2,5,9H,3,8H2. The maximum Gasteiger partial charge on any atom is 0.215 e. The fourth-order valence-corrected chi connectivity index (χ4v) is 4.00. The van der Waals surface area contributed by atoms with Gasteiger partial charge in [-0.2, -0.15) is 0 Å². The van der Waals surface area contributed by atoms with Gasteiger partial charge in [0.15, 0.2) is 5.44 Å². The van der Waals surface area contributed by atoms with E-state index in [1.807, 2.05) is 0 Å². The van der Waals surface area contributed by atoms with Crippen LogP contribution in [0.4, 0.5) is 0 Å². The number of aliphatic hydroxyl groups is 1. The van der Waals surface area contributed by atoms with Gasteiger partial charge in [0, 0.05) is 6.54 Å². The van der Waals surface area contributed by atoms with E-state index in [0.717, 1.165) is 11.3 Å². The first kappa shape index (κ1) is 11.1. The normalized spacial score (nSPS) is 14.4. The second-order valence-electron chi connectivity index (χ2n) is 2.29. The van der Waals surface area contributed by atoms with Crippen LogP contribution in [-0.4, -0.2) is 25.5 Å². The van der Waals surface area contributed by atoms with Crippen LogP contribution in [0.25, 0.3) is 0 Å². The molecule has 0 amide bonds. The number of nitrogens with two attached hydrogens (primary N) is 1. The molecule has 0 saturated heterocycles. The summed E-state index contributed by atoms with van der Waals surface area (Å²) in [7, 11) is -3.65. The number of halogens is 1. The highest BCUT2D eigenvalue weighted by atomic mass is 79.9. The van der Waals surface area contributed by atoms with Crippen molar-refractivity contribution in [1.29, 1.82) is 0 Å². The summed E-state index contributed by atoms with van der Waals surface area (Å²) in [5, 5.41) is 9.13. The highest BCUT2D eigenvalue weighted by Crippen LogP contribution is 2.27. The van der Waals surface area contributed by atoms with Crippen molar-refractivity contribution in [3.05, 3.63) is 15.9 Å². The lowest BCUT2D eigenvalue weighted by molar-refractivity contribution is 0.257. The predicted octanol–water partition coefficient (Wildman–Crippen LogP) is 0.561. The summed E-state index contributed by atoms with van der Waals surface area (Å²) in [6.45, 7) is -0.294. The van der Waals surface area contributed by atoms with Crippen LogP contribution in [0.3, 0.4) is 0 Å². The van der Waals surface area contributed by atoms with Crippen molar-refractivity contribution in [2.24, 2.45) is 5.73 Å². The second kappa shape index (κ2) is 4.05. The lowest BCUT2D eigenvalue weighted by Crippen LogP contribution is -2.28. The van der Waals surface area contributed by atoms with Crippen molar-refractivity contribution in [2.75, 3.05) is 6.54 Å². The van der Waals surface area contributed by atoms with E-state index >= 15 is 0 Å². The van der Waals surface area contributed by atoms with Crippen LogP contribution in [0.1, 0.15) is 0 Å². The third-order valence-corrected chi connectivity index (χ3v) is 5.36. The molecule has 7 heteroatoms. The van der Waals surface area contributed by atoms with E-state index in [2.05, 4.69) is 15.9 Å². The summed E-state index contributed by atoms with van der Waals surface area (Å²) in [6.07, 6.45) is 0. The number of hydrogen-bond acceptors (Lipinski definition) is 5. The van der Waals surface area contributed by atoms with Crippen molar-refractivity contribution >= 4 is 37.1 Å². The fraction of sp³-hybridized carbons (Fsp3) is 0.333. The summed E-state index contributed by atoms with van der Waals surface area (Å²) in [4.78, 5) is 0. The lowest BCUT2D eigenvalue weighted by atomic mass is 10.7. The Bertz CT molecular complexity index is 386. The summed E-state index contributed by atoms with van der Waals surface area (Å²) >= 11 is 4.19. The first-order valence-corrected chi connectivity index (χ1v) is 6.51. The first-order valence-electron chi connectivity index (χ1n) is 3.36. The number of sulfone groups is 1. The zero-order valence-corrected chi connectivity index (χ0v) is 9.69. The molecule has 1 atom stereocenters. The molecular weight excluding hydrogens is 278 g/mol. The average Bonchev–Trinajstić information content (AvgIpc) is 2.50. The Labute approximate surface area is 88.4 Å². The van der Waals surface area contributed by atoms with Crippen molar-refractivity contribution < 1.29 is 13.5 Å². The minimum atomic E-state index is -3.65. The van der Waals surface area contributed by atoms with E-state index in [1.54, 1.807) is 6.07 Å². The summed E-state index contributed by atoms with van der Waals surface area (Å²) < 4.78 is 23.7. The number of aliphatic hydroxyl groups excluding tert-OH is 1. The largest absolute Gasteiger partial charge is 0.376 e. The van der Waals surface area contributed by atoms with E-state index in [0.29, 0.717) is 3.79 Å². The Balaban J connectivity index is 3.08. The molecule has 1 heterocycles. The minimum absolute atomic E-state index is 0.123. The van der Waals surface area contributed by atoms with Crippen LogP contribution in [0, 0.1) is 0 Å². The van der Waals surface area contributed by atoms with Gasteiger partial charge in [-0.15, -0.1) is 11.3 Å². The Morgan fingerprint density at radius 1 is 1.62 bits per heavy atom. The molecule has 0 aliphatic carbocycles. The molecule has 0 aliphatic rings. The molecule has 0 radical (unpaired) electrons. The van der Waals surface area contributed by atoms with Gasteiger partial charge in [0.05, 0.1) is 3.79 Å². The van der Waals surface area contributed by atoms with E-state index in [9.17, 15) is 8.42 Å². The Morgan fingerprint density at radius 2 is 2.23 bits per heavy atom. The minimum Gasteiger partial charge on any atom is -0.376 e. The molecule has 1 aromatic rings. The SMILES string of the molecule is NCC(O)S(=O)(=O)c1ccc(Br)s1. The van der Waals surface area contributed by atoms with E-state index < -0.39 is 15.3 Å². The van der Waals surface area contributed by atoms with Gasteiger partial charge < -0.3 is 10.8 Å². The van der Waals surface area contributed by atoms with Crippen molar-refractivity contribution in [2.45, 2.75) is 9.65 Å². The zero-order chi connectivity index (χ0) is 10.1. The molecule has 0 aliphatic heterocycles. The molecule has 0 bridgehead atoms. The van der Waals surface area contributed by atoms with Gasteiger partial charge in [0.2, 0.25) is 9.84 Å². The van der Waals surface area contributed by atoms with Gasteiger partial charge >= 0.3 is 0 Å². The quantitative estimate of drug-likeness (QED) is 0.851. The van der Waals surface area contributed by atoms with E-state index in [-0.39, 0.29) is 10.8 Å². The topological polar surface area (TPSA) is 80.4 Å². The maximum absolute atomic E-state index is 11.4. The van der Waals surface area contributed by atoms with Crippen LogP contribution < -0.4 is 5.73 Å². The summed E-state index contributed by atoms with van der Waals surface area (Å²) in [6, 6.07) is 3.05. The Kier molecular flexibility index (Phi) is 3.47. The van der Waals surface area contributed by atoms with Gasteiger partial charge in [-0.05, 0) is 28.1 Å². The molecular formula is C6H8BrNO3S2. The molecule has 0 aromatic carbocycles. The van der Waals surface area contributed by atoms with E-state index in [1.165, 1.54) is 6.07 Å².